The van der Waals surface area contributed by atoms with E-state index in [2.05, 4.69) is 0 Å². The van der Waals surface area contributed by atoms with Gasteiger partial charge >= 0.3 is 0 Å². The van der Waals surface area contributed by atoms with Crippen LogP contribution in [0.3, 0.4) is 0 Å². The first-order valence-corrected chi connectivity index (χ1v) is 6.67. The maximum atomic E-state index is 9.75. The summed E-state index contributed by atoms with van der Waals surface area (Å²) < 4.78 is 10.4. The van der Waals surface area contributed by atoms with Gasteiger partial charge in [0, 0.05) is 11.1 Å². The molecule has 0 heterocycles. The number of hydrogen-bond donors (Lipinski definition) is 2. The number of benzene rings is 1. The van der Waals surface area contributed by atoms with Crippen molar-refractivity contribution in [3.8, 4) is 11.5 Å². The first-order valence-electron chi connectivity index (χ1n) is 6.30. The number of halogens is 1. The highest BCUT2D eigenvalue weighted by Crippen LogP contribution is 2.33. The van der Waals surface area contributed by atoms with E-state index in [1.807, 2.05) is 6.92 Å². The normalized spacial score (nSPS) is 14.0. The van der Waals surface area contributed by atoms with E-state index in [1.54, 1.807) is 26.4 Å². The van der Waals surface area contributed by atoms with E-state index in [9.17, 15) is 10.2 Å². The van der Waals surface area contributed by atoms with E-state index in [4.69, 9.17) is 21.1 Å². The number of hydrogen-bond acceptors (Lipinski definition) is 4. The fourth-order valence-electron chi connectivity index (χ4n) is 1.86. The van der Waals surface area contributed by atoms with Crippen molar-refractivity contribution in [1.29, 1.82) is 0 Å². The Balaban J connectivity index is 2.78. The summed E-state index contributed by atoms with van der Waals surface area (Å²) in [6.45, 7) is 1.83. The van der Waals surface area contributed by atoms with Gasteiger partial charge in [-0.25, -0.2) is 0 Å². The first-order chi connectivity index (χ1) is 9.03. The summed E-state index contributed by atoms with van der Waals surface area (Å²) in [7, 11) is 3.11. The molecule has 0 aliphatic heterocycles. The van der Waals surface area contributed by atoms with Crippen molar-refractivity contribution in [2.45, 2.75) is 38.4 Å². The summed E-state index contributed by atoms with van der Waals surface area (Å²) >= 11 is 6.15. The lowest BCUT2D eigenvalue weighted by Crippen LogP contribution is -2.25. The monoisotopic (exact) mass is 288 g/mol. The van der Waals surface area contributed by atoms with Gasteiger partial charge in [0.25, 0.3) is 0 Å². The number of aliphatic hydroxyl groups excluding tert-OH is 2. The van der Waals surface area contributed by atoms with Crippen LogP contribution in [0.15, 0.2) is 12.1 Å². The molecule has 5 heteroatoms. The Labute approximate surface area is 118 Å². The van der Waals surface area contributed by atoms with Gasteiger partial charge < -0.3 is 19.7 Å². The molecule has 0 radical (unpaired) electrons. The highest BCUT2D eigenvalue weighted by atomic mass is 35.5. The zero-order chi connectivity index (χ0) is 14.4. The SMILES string of the molecule is CCC(O)C(O)CCc1cc(OC)c(OC)cc1Cl. The molecule has 1 rings (SSSR count). The van der Waals surface area contributed by atoms with Crippen LogP contribution in [0.5, 0.6) is 11.5 Å². The van der Waals surface area contributed by atoms with Crippen LogP contribution in [-0.2, 0) is 6.42 Å². The predicted molar refractivity (Wildman–Crippen MR) is 75.2 cm³/mol. The Hall–Kier alpha value is -0.970. The van der Waals surface area contributed by atoms with Crippen LogP contribution in [0.1, 0.15) is 25.3 Å². The van der Waals surface area contributed by atoms with Gasteiger partial charge in [0.15, 0.2) is 11.5 Å². The molecule has 108 valence electrons. The van der Waals surface area contributed by atoms with E-state index >= 15 is 0 Å². The number of aryl methyl sites for hydroxylation is 1. The summed E-state index contributed by atoms with van der Waals surface area (Å²) in [6, 6.07) is 3.49. The molecule has 1 aromatic rings. The van der Waals surface area contributed by atoms with E-state index in [0.717, 1.165) is 5.56 Å². The summed E-state index contributed by atoms with van der Waals surface area (Å²) in [5.74, 6) is 1.18. The van der Waals surface area contributed by atoms with Gasteiger partial charge in [-0.05, 0) is 30.9 Å². The molecule has 0 aromatic heterocycles. The molecule has 0 aliphatic carbocycles. The lowest BCUT2D eigenvalue weighted by atomic mass is 10.0. The van der Waals surface area contributed by atoms with E-state index in [1.165, 1.54) is 0 Å². The third-order valence-electron chi connectivity index (χ3n) is 3.12. The topological polar surface area (TPSA) is 58.9 Å². The number of methoxy groups -OCH3 is 2. The predicted octanol–water partition coefficient (Wildman–Crippen LogP) is 2.42. The largest absolute Gasteiger partial charge is 0.493 e. The third kappa shape index (κ3) is 4.27. The molecule has 0 saturated carbocycles. The maximum Gasteiger partial charge on any atom is 0.162 e. The van der Waals surface area contributed by atoms with Crippen molar-refractivity contribution in [3.05, 3.63) is 22.7 Å². The van der Waals surface area contributed by atoms with Crippen LogP contribution in [0.2, 0.25) is 5.02 Å². The van der Waals surface area contributed by atoms with Crippen LogP contribution in [0, 0.1) is 0 Å². The Bertz CT molecular complexity index is 409. The van der Waals surface area contributed by atoms with Crippen LogP contribution in [0.25, 0.3) is 0 Å². The summed E-state index contributed by atoms with van der Waals surface area (Å²) in [5, 5.41) is 19.8. The minimum atomic E-state index is -0.742. The second-order valence-electron chi connectivity index (χ2n) is 4.38. The van der Waals surface area contributed by atoms with Gasteiger partial charge in [-0.2, -0.15) is 0 Å². The third-order valence-corrected chi connectivity index (χ3v) is 3.48. The summed E-state index contributed by atoms with van der Waals surface area (Å²) in [5.41, 5.74) is 0.863. The summed E-state index contributed by atoms with van der Waals surface area (Å²) in [6.07, 6.45) is 0.107. The van der Waals surface area contributed by atoms with E-state index in [-0.39, 0.29) is 0 Å². The Morgan fingerprint density at radius 1 is 1.11 bits per heavy atom. The second kappa shape index (κ2) is 7.58. The number of aliphatic hydroxyl groups is 2. The first kappa shape index (κ1) is 16.1. The van der Waals surface area contributed by atoms with Gasteiger partial charge in [-0.3, -0.25) is 0 Å². The maximum absolute atomic E-state index is 9.75. The quantitative estimate of drug-likeness (QED) is 0.809. The molecular weight excluding hydrogens is 268 g/mol. The Kier molecular flexibility index (Phi) is 6.42. The van der Waals surface area contributed by atoms with Gasteiger partial charge in [0.1, 0.15) is 0 Å². The average Bonchev–Trinajstić information content (AvgIpc) is 2.44. The molecule has 2 unspecified atom stereocenters. The van der Waals surface area contributed by atoms with Gasteiger partial charge in [0.05, 0.1) is 26.4 Å². The minimum absolute atomic E-state index is 0.449. The van der Waals surface area contributed by atoms with Gasteiger partial charge in [-0.15, -0.1) is 0 Å². The smallest absolute Gasteiger partial charge is 0.162 e. The van der Waals surface area contributed by atoms with Crippen LogP contribution < -0.4 is 9.47 Å². The van der Waals surface area contributed by atoms with Crippen LogP contribution in [0.4, 0.5) is 0 Å². The zero-order valence-corrected chi connectivity index (χ0v) is 12.3. The van der Waals surface area contributed by atoms with Gasteiger partial charge in [-0.1, -0.05) is 18.5 Å². The lowest BCUT2D eigenvalue weighted by Gasteiger charge is -2.17. The molecule has 0 amide bonds. The van der Waals surface area contributed by atoms with Crippen molar-refractivity contribution >= 4 is 11.6 Å². The lowest BCUT2D eigenvalue weighted by molar-refractivity contribution is 0.0130. The van der Waals surface area contributed by atoms with E-state index < -0.39 is 12.2 Å². The minimum Gasteiger partial charge on any atom is -0.493 e. The fourth-order valence-corrected chi connectivity index (χ4v) is 2.10. The standard InChI is InChI=1S/C14H21ClO4/c1-4-11(16)12(17)6-5-9-7-13(18-2)14(19-3)8-10(9)15/h7-8,11-12,16-17H,4-6H2,1-3H3. The molecule has 0 bridgehead atoms. The van der Waals surface area contributed by atoms with E-state index in [0.29, 0.717) is 35.8 Å². The zero-order valence-electron chi connectivity index (χ0n) is 11.5. The van der Waals surface area contributed by atoms with Crippen LogP contribution in [-0.4, -0.2) is 36.6 Å². The molecule has 0 spiro atoms. The van der Waals surface area contributed by atoms with Crippen molar-refractivity contribution in [3.63, 3.8) is 0 Å². The molecule has 1 aromatic carbocycles. The molecule has 0 fully saturated rings. The number of ether oxygens (including phenoxy) is 2. The van der Waals surface area contributed by atoms with Crippen molar-refractivity contribution < 1.29 is 19.7 Å². The summed E-state index contributed by atoms with van der Waals surface area (Å²) in [4.78, 5) is 0. The van der Waals surface area contributed by atoms with Crippen molar-refractivity contribution in [1.82, 2.24) is 0 Å². The molecule has 0 aliphatic rings. The molecule has 19 heavy (non-hydrogen) atoms. The second-order valence-corrected chi connectivity index (χ2v) is 4.79. The Morgan fingerprint density at radius 3 is 2.21 bits per heavy atom. The molecule has 2 atom stereocenters. The molecule has 2 N–H and O–H groups in total. The molecule has 4 nitrogen and oxygen atoms in total. The average molecular weight is 289 g/mol. The van der Waals surface area contributed by atoms with Gasteiger partial charge in [0.2, 0.25) is 0 Å². The van der Waals surface area contributed by atoms with Crippen molar-refractivity contribution in [2.75, 3.05) is 14.2 Å². The highest BCUT2D eigenvalue weighted by Gasteiger charge is 2.16. The van der Waals surface area contributed by atoms with Crippen molar-refractivity contribution in [2.24, 2.45) is 0 Å². The van der Waals surface area contributed by atoms with Crippen LogP contribution >= 0.6 is 11.6 Å². The molecular formula is C14H21ClO4. The Morgan fingerprint density at radius 2 is 1.68 bits per heavy atom. The number of rotatable bonds is 7. The highest BCUT2D eigenvalue weighted by molar-refractivity contribution is 6.31. The molecule has 0 saturated heterocycles. The fraction of sp³-hybridized carbons (Fsp3) is 0.571.